The van der Waals surface area contributed by atoms with Gasteiger partial charge in [-0.3, -0.25) is 4.79 Å². The van der Waals surface area contributed by atoms with Crippen LogP contribution < -0.4 is 10.6 Å². The summed E-state index contributed by atoms with van der Waals surface area (Å²) in [5.41, 5.74) is -0.453. The van der Waals surface area contributed by atoms with E-state index in [1.807, 2.05) is 34.6 Å². The van der Waals surface area contributed by atoms with Gasteiger partial charge in [-0.25, -0.2) is 4.79 Å². The summed E-state index contributed by atoms with van der Waals surface area (Å²) in [5.74, 6) is -0.0602. The standard InChI is InChI=1S/C12H24N2O3/c1-6-12(4,5)17-11(16)14-8-7-13-10(15)9(2)3/h9H,6-8H2,1-5H3,(H,13,15)(H,14,16). The Morgan fingerprint density at radius 1 is 1.18 bits per heavy atom. The van der Waals surface area contributed by atoms with Crippen LogP contribution in [0.4, 0.5) is 4.79 Å². The molecule has 0 aromatic rings. The second kappa shape index (κ2) is 7.14. The molecule has 2 amide bonds. The molecule has 0 aliphatic rings. The predicted octanol–water partition coefficient (Wildman–Crippen LogP) is 1.67. The average Bonchev–Trinajstić information content (AvgIpc) is 2.23. The van der Waals surface area contributed by atoms with Gasteiger partial charge in [0.1, 0.15) is 5.60 Å². The van der Waals surface area contributed by atoms with Crippen LogP contribution in [0.25, 0.3) is 0 Å². The largest absolute Gasteiger partial charge is 0.444 e. The number of rotatable bonds is 6. The first-order chi connectivity index (χ1) is 7.78. The summed E-state index contributed by atoms with van der Waals surface area (Å²) in [7, 11) is 0. The van der Waals surface area contributed by atoms with Gasteiger partial charge in [-0.1, -0.05) is 20.8 Å². The van der Waals surface area contributed by atoms with Crippen LogP contribution in [-0.4, -0.2) is 30.7 Å². The fourth-order valence-corrected chi connectivity index (χ4v) is 0.914. The molecular formula is C12H24N2O3. The third-order valence-corrected chi connectivity index (χ3v) is 2.44. The zero-order valence-corrected chi connectivity index (χ0v) is 11.4. The van der Waals surface area contributed by atoms with Crippen molar-refractivity contribution in [1.29, 1.82) is 0 Å². The molecule has 0 unspecified atom stereocenters. The van der Waals surface area contributed by atoms with Crippen molar-refractivity contribution in [3.63, 3.8) is 0 Å². The highest BCUT2D eigenvalue weighted by Gasteiger charge is 2.19. The highest BCUT2D eigenvalue weighted by Crippen LogP contribution is 2.12. The second-order valence-electron chi connectivity index (χ2n) is 4.88. The van der Waals surface area contributed by atoms with Crippen molar-refractivity contribution >= 4 is 12.0 Å². The van der Waals surface area contributed by atoms with Crippen LogP contribution in [0.3, 0.4) is 0 Å². The minimum atomic E-state index is -0.453. The van der Waals surface area contributed by atoms with Gasteiger partial charge in [0, 0.05) is 19.0 Å². The smallest absolute Gasteiger partial charge is 0.407 e. The first-order valence-corrected chi connectivity index (χ1v) is 6.03. The predicted molar refractivity (Wildman–Crippen MR) is 66.7 cm³/mol. The fraction of sp³-hybridized carbons (Fsp3) is 0.833. The van der Waals surface area contributed by atoms with E-state index in [1.165, 1.54) is 0 Å². The highest BCUT2D eigenvalue weighted by molar-refractivity contribution is 5.77. The SMILES string of the molecule is CCC(C)(C)OC(=O)NCCNC(=O)C(C)C. The van der Waals surface area contributed by atoms with E-state index in [9.17, 15) is 9.59 Å². The normalized spacial score (nSPS) is 11.2. The van der Waals surface area contributed by atoms with E-state index in [0.29, 0.717) is 13.1 Å². The third kappa shape index (κ3) is 7.60. The zero-order valence-electron chi connectivity index (χ0n) is 11.4. The van der Waals surface area contributed by atoms with E-state index in [0.717, 1.165) is 6.42 Å². The van der Waals surface area contributed by atoms with Crippen molar-refractivity contribution in [2.75, 3.05) is 13.1 Å². The number of alkyl carbamates (subject to hydrolysis) is 1. The molecule has 0 atom stereocenters. The van der Waals surface area contributed by atoms with Crippen molar-refractivity contribution in [3.05, 3.63) is 0 Å². The van der Waals surface area contributed by atoms with Gasteiger partial charge in [0.25, 0.3) is 0 Å². The number of ether oxygens (including phenoxy) is 1. The van der Waals surface area contributed by atoms with Crippen molar-refractivity contribution in [1.82, 2.24) is 10.6 Å². The number of hydrogen-bond acceptors (Lipinski definition) is 3. The van der Waals surface area contributed by atoms with Gasteiger partial charge in [-0.05, 0) is 20.3 Å². The number of amides is 2. The van der Waals surface area contributed by atoms with Crippen LogP contribution >= 0.6 is 0 Å². The monoisotopic (exact) mass is 244 g/mol. The zero-order chi connectivity index (χ0) is 13.5. The van der Waals surface area contributed by atoms with Crippen LogP contribution in [0.1, 0.15) is 41.0 Å². The summed E-state index contributed by atoms with van der Waals surface area (Å²) in [6.07, 6.45) is 0.306. The molecule has 0 spiro atoms. The first-order valence-electron chi connectivity index (χ1n) is 6.03. The van der Waals surface area contributed by atoms with Crippen LogP contribution in [0, 0.1) is 5.92 Å². The number of nitrogens with one attached hydrogen (secondary N) is 2. The number of hydrogen-bond donors (Lipinski definition) is 2. The van der Waals surface area contributed by atoms with Crippen LogP contribution in [0.5, 0.6) is 0 Å². The molecule has 2 N–H and O–H groups in total. The van der Waals surface area contributed by atoms with Crippen molar-refractivity contribution < 1.29 is 14.3 Å². The van der Waals surface area contributed by atoms with Crippen molar-refractivity contribution in [2.24, 2.45) is 5.92 Å². The van der Waals surface area contributed by atoms with Crippen LogP contribution in [0.15, 0.2) is 0 Å². The molecule has 0 saturated carbocycles. The van der Waals surface area contributed by atoms with Gasteiger partial charge in [-0.2, -0.15) is 0 Å². The lowest BCUT2D eigenvalue weighted by atomic mass is 10.1. The summed E-state index contributed by atoms with van der Waals surface area (Å²) >= 11 is 0. The summed E-state index contributed by atoms with van der Waals surface area (Å²) in [5, 5.41) is 5.30. The molecule has 5 nitrogen and oxygen atoms in total. The van der Waals surface area contributed by atoms with E-state index < -0.39 is 11.7 Å². The molecule has 100 valence electrons. The molecule has 0 aromatic heterocycles. The first kappa shape index (κ1) is 15.7. The molecule has 0 aliphatic carbocycles. The van der Waals surface area contributed by atoms with Crippen LogP contribution in [0.2, 0.25) is 0 Å². The Balaban J connectivity index is 3.69. The fourth-order valence-electron chi connectivity index (χ4n) is 0.914. The Hall–Kier alpha value is -1.26. The summed E-state index contributed by atoms with van der Waals surface area (Å²) in [6, 6.07) is 0. The molecule has 0 saturated heterocycles. The molecular weight excluding hydrogens is 220 g/mol. The number of carbonyl (C=O) groups is 2. The lowest BCUT2D eigenvalue weighted by Crippen LogP contribution is -2.39. The third-order valence-electron chi connectivity index (χ3n) is 2.44. The summed E-state index contributed by atoms with van der Waals surface area (Å²) < 4.78 is 5.18. The molecule has 0 rings (SSSR count). The Morgan fingerprint density at radius 2 is 1.71 bits per heavy atom. The summed E-state index contributed by atoms with van der Waals surface area (Å²) in [6.45, 7) is 10.1. The quantitative estimate of drug-likeness (QED) is 0.698. The molecule has 17 heavy (non-hydrogen) atoms. The highest BCUT2D eigenvalue weighted by atomic mass is 16.6. The minimum Gasteiger partial charge on any atom is -0.444 e. The van der Waals surface area contributed by atoms with E-state index in [1.54, 1.807) is 0 Å². The van der Waals surface area contributed by atoms with Gasteiger partial charge in [-0.15, -0.1) is 0 Å². The van der Waals surface area contributed by atoms with E-state index in [4.69, 9.17) is 4.74 Å². The molecule has 0 radical (unpaired) electrons. The van der Waals surface area contributed by atoms with Crippen molar-refractivity contribution in [3.8, 4) is 0 Å². The molecule has 0 bridgehead atoms. The molecule has 0 fully saturated rings. The Labute approximate surface area is 103 Å². The molecule has 5 heteroatoms. The van der Waals surface area contributed by atoms with Gasteiger partial charge in [0.15, 0.2) is 0 Å². The van der Waals surface area contributed by atoms with Gasteiger partial charge in [0.05, 0.1) is 0 Å². The van der Waals surface area contributed by atoms with Gasteiger partial charge < -0.3 is 15.4 Å². The lowest BCUT2D eigenvalue weighted by molar-refractivity contribution is -0.123. The maximum absolute atomic E-state index is 11.4. The van der Waals surface area contributed by atoms with Gasteiger partial charge in [0.2, 0.25) is 5.91 Å². The van der Waals surface area contributed by atoms with E-state index in [2.05, 4.69) is 10.6 Å². The van der Waals surface area contributed by atoms with E-state index >= 15 is 0 Å². The van der Waals surface area contributed by atoms with Gasteiger partial charge >= 0.3 is 6.09 Å². The average molecular weight is 244 g/mol. The van der Waals surface area contributed by atoms with Crippen LogP contribution in [-0.2, 0) is 9.53 Å². The van der Waals surface area contributed by atoms with Crippen molar-refractivity contribution in [2.45, 2.75) is 46.6 Å². The summed E-state index contributed by atoms with van der Waals surface area (Å²) in [4.78, 5) is 22.6. The molecule has 0 aromatic carbocycles. The maximum atomic E-state index is 11.4. The minimum absolute atomic E-state index is 0.0194. The Morgan fingerprint density at radius 3 is 2.18 bits per heavy atom. The Bertz CT molecular complexity index is 262. The maximum Gasteiger partial charge on any atom is 0.407 e. The molecule has 0 heterocycles. The second-order valence-corrected chi connectivity index (χ2v) is 4.88. The lowest BCUT2D eigenvalue weighted by Gasteiger charge is -2.23. The van der Waals surface area contributed by atoms with E-state index in [-0.39, 0.29) is 11.8 Å². The topological polar surface area (TPSA) is 67.4 Å². The molecule has 0 aliphatic heterocycles. The number of carbonyl (C=O) groups excluding carboxylic acids is 2. The Kier molecular flexibility index (Phi) is 6.61.